The maximum absolute atomic E-state index is 3.01. The summed E-state index contributed by atoms with van der Waals surface area (Å²) >= 11 is 0. The molecule has 130 valence electrons. The smallest absolute Gasteiger partial charge is 0 e. The van der Waals surface area contributed by atoms with Gasteiger partial charge in [-0.05, 0) is 6.42 Å². The van der Waals surface area contributed by atoms with Crippen LogP contribution in [0.1, 0.15) is 11.1 Å². The molecule has 0 nitrogen and oxygen atoms in total. The van der Waals surface area contributed by atoms with Crippen LogP contribution in [0.25, 0.3) is 0 Å². The summed E-state index contributed by atoms with van der Waals surface area (Å²) in [4.78, 5) is 0. The van der Waals surface area contributed by atoms with E-state index in [4.69, 9.17) is 0 Å². The second-order valence-electron chi connectivity index (χ2n) is 5.15. The third-order valence-electron chi connectivity index (χ3n) is 3.20. The number of benzene rings is 4. The Balaban J connectivity index is 0.000000409. The quantitative estimate of drug-likeness (QED) is 0.305. The van der Waals surface area contributed by atoms with E-state index in [1.54, 1.807) is 0 Å². The van der Waals surface area contributed by atoms with Gasteiger partial charge in [-0.1, -0.05) is 0 Å². The van der Waals surface area contributed by atoms with E-state index in [0.29, 0.717) is 0 Å². The predicted molar refractivity (Wildman–Crippen MR) is 104 cm³/mol. The second kappa shape index (κ2) is 18.5. The van der Waals surface area contributed by atoms with Gasteiger partial charge >= 0.3 is 0 Å². The fraction of sp³-hybridized carbons (Fsp3) is 0.0400. The molecule has 0 saturated carbocycles. The van der Waals surface area contributed by atoms with Crippen LogP contribution >= 0.6 is 0 Å². The molecule has 0 amide bonds. The van der Waals surface area contributed by atoms with Crippen molar-refractivity contribution in [2.75, 3.05) is 0 Å². The summed E-state index contributed by atoms with van der Waals surface area (Å²) in [6.45, 7) is 0. The van der Waals surface area contributed by atoms with Gasteiger partial charge in [-0.2, -0.15) is 145 Å². The molecule has 4 aromatic carbocycles. The van der Waals surface area contributed by atoms with E-state index in [2.05, 4.69) is 48.5 Å². The Labute approximate surface area is 214 Å². The molecule has 0 bridgehead atoms. The van der Waals surface area contributed by atoms with E-state index < -0.39 is 0 Å². The third kappa shape index (κ3) is 13.8. The van der Waals surface area contributed by atoms with Crippen LogP contribution in [-0.4, -0.2) is 0 Å². The standard InChI is InChI=1S/C13H10.2C6H5.2Y/c1-3-7-12(8-4-1)11-13-9-5-2-6-10-13;2*1-2-4-6-5-3-1;;/h3-10H,11H2;2*1-5H;;/q-2;2*-1;;. The van der Waals surface area contributed by atoms with Crippen molar-refractivity contribution in [2.45, 2.75) is 6.42 Å². The predicted octanol–water partition coefficient (Wildman–Crippen LogP) is 5.85. The van der Waals surface area contributed by atoms with Crippen LogP contribution in [0.3, 0.4) is 0 Å². The van der Waals surface area contributed by atoms with E-state index in [9.17, 15) is 0 Å². The molecule has 0 aliphatic carbocycles. The molecule has 2 heteroatoms. The summed E-state index contributed by atoms with van der Waals surface area (Å²) in [5, 5.41) is 0. The molecule has 0 unspecified atom stereocenters. The average molecular weight is 498 g/mol. The van der Waals surface area contributed by atoms with E-state index in [0.717, 1.165) is 6.42 Å². The van der Waals surface area contributed by atoms with Crippen LogP contribution in [0.5, 0.6) is 0 Å². The molecule has 4 aromatic rings. The first-order valence-corrected chi connectivity index (χ1v) is 8.17. The van der Waals surface area contributed by atoms with Gasteiger partial charge in [-0.15, -0.1) is 0 Å². The molecular formula is C25H20Y2-4. The van der Waals surface area contributed by atoms with Crippen LogP contribution < -0.4 is 0 Å². The first-order chi connectivity index (χ1) is 12.4. The molecule has 2 radical (unpaired) electrons. The Morgan fingerprint density at radius 2 is 0.704 bits per heavy atom. The van der Waals surface area contributed by atoms with Crippen LogP contribution in [0.4, 0.5) is 0 Å². The zero-order valence-electron chi connectivity index (χ0n) is 15.3. The fourth-order valence-electron chi connectivity index (χ4n) is 2.00. The fourth-order valence-corrected chi connectivity index (χ4v) is 2.00. The normalized spacial score (nSPS) is 8.30. The first-order valence-electron chi connectivity index (χ1n) is 8.17. The maximum Gasteiger partial charge on any atom is 0 e. The number of rotatable bonds is 2. The van der Waals surface area contributed by atoms with Gasteiger partial charge in [-0.25, -0.2) is 0 Å². The molecule has 0 atom stereocenters. The monoisotopic (exact) mass is 498 g/mol. The summed E-state index contributed by atoms with van der Waals surface area (Å²) in [5.74, 6) is 0. The molecule has 27 heavy (non-hydrogen) atoms. The Kier molecular flexibility index (Phi) is 17.8. The Bertz CT molecular complexity index is 636. The van der Waals surface area contributed by atoms with Crippen molar-refractivity contribution in [2.24, 2.45) is 0 Å². The maximum atomic E-state index is 3.01. The van der Waals surface area contributed by atoms with Crippen molar-refractivity contribution in [3.8, 4) is 0 Å². The minimum Gasteiger partial charge on any atom is -0.184 e. The molecule has 0 fully saturated rings. The van der Waals surface area contributed by atoms with Crippen molar-refractivity contribution in [3.63, 3.8) is 0 Å². The molecule has 0 aliphatic heterocycles. The molecule has 0 aromatic heterocycles. The molecule has 4 rings (SSSR count). The van der Waals surface area contributed by atoms with Gasteiger partial charge in [0.1, 0.15) is 0 Å². The van der Waals surface area contributed by atoms with E-state index in [1.165, 1.54) is 11.1 Å². The van der Waals surface area contributed by atoms with Crippen LogP contribution in [0.2, 0.25) is 0 Å². The average Bonchev–Trinajstić information content (AvgIpc) is 2.73. The van der Waals surface area contributed by atoms with Crippen molar-refractivity contribution in [1.82, 2.24) is 0 Å². The van der Waals surface area contributed by atoms with Gasteiger partial charge in [0, 0.05) is 65.4 Å². The Morgan fingerprint density at radius 3 is 0.926 bits per heavy atom. The largest absolute Gasteiger partial charge is 0.184 e. The molecule has 0 N–H and O–H groups in total. The zero-order valence-corrected chi connectivity index (χ0v) is 20.9. The van der Waals surface area contributed by atoms with Gasteiger partial charge < -0.3 is 0 Å². The van der Waals surface area contributed by atoms with E-state index in [-0.39, 0.29) is 65.4 Å². The summed E-state index contributed by atoms with van der Waals surface area (Å²) in [6, 6.07) is 47.2. The van der Waals surface area contributed by atoms with Crippen molar-refractivity contribution < 1.29 is 65.4 Å². The summed E-state index contributed by atoms with van der Waals surface area (Å²) in [5.41, 5.74) is 2.65. The number of hydrogen-bond donors (Lipinski definition) is 0. The summed E-state index contributed by atoms with van der Waals surface area (Å²) < 4.78 is 0. The number of hydrogen-bond acceptors (Lipinski definition) is 0. The second-order valence-corrected chi connectivity index (χ2v) is 5.15. The van der Waals surface area contributed by atoms with Gasteiger partial charge in [0.15, 0.2) is 0 Å². The minimum absolute atomic E-state index is 0. The van der Waals surface area contributed by atoms with E-state index in [1.807, 2.05) is 84.9 Å². The van der Waals surface area contributed by atoms with Gasteiger partial charge in [0.05, 0.1) is 0 Å². The van der Waals surface area contributed by atoms with Gasteiger partial charge in [0.25, 0.3) is 0 Å². The Hall–Kier alpha value is -0.912. The summed E-state index contributed by atoms with van der Waals surface area (Å²) in [7, 11) is 0. The van der Waals surface area contributed by atoms with Gasteiger partial charge in [0.2, 0.25) is 0 Å². The summed E-state index contributed by atoms with van der Waals surface area (Å²) in [6.07, 6.45) is 0.989. The van der Waals surface area contributed by atoms with Gasteiger partial charge in [-0.3, -0.25) is 0 Å². The van der Waals surface area contributed by atoms with Crippen molar-refractivity contribution in [1.29, 1.82) is 0 Å². The van der Waals surface area contributed by atoms with Crippen LogP contribution in [0.15, 0.2) is 109 Å². The first kappa shape index (κ1) is 26.1. The topological polar surface area (TPSA) is 0 Å². The molecule has 0 aliphatic rings. The molecule has 0 spiro atoms. The van der Waals surface area contributed by atoms with Crippen LogP contribution in [-0.2, 0) is 71.8 Å². The third-order valence-corrected chi connectivity index (χ3v) is 3.20. The van der Waals surface area contributed by atoms with Crippen LogP contribution in [0, 0.1) is 24.3 Å². The Morgan fingerprint density at radius 1 is 0.407 bits per heavy atom. The van der Waals surface area contributed by atoms with E-state index >= 15 is 0 Å². The van der Waals surface area contributed by atoms with Crippen molar-refractivity contribution >= 4 is 0 Å². The molecule has 0 saturated heterocycles. The molecule has 0 heterocycles. The minimum atomic E-state index is 0. The molecular weight excluding hydrogens is 478 g/mol. The SMILES string of the molecule is [Y].[Y].[c-]1ccc(Cc2cc[c-]cc2)cc1.[c-]1ccccc1.[c-]1ccccc1. The van der Waals surface area contributed by atoms with Crippen molar-refractivity contribution in [3.05, 3.63) is 145 Å². The zero-order chi connectivity index (χ0) is 17.4.